The van der Waals surface area contributed by atoms with Crippen LogP contribution in [0, 0.1) is 0 Å². The Morgan fingerprint density at radius 2 is 1.71 bits per heavy atom. The minimum atomic E-state index is -1.36. The summed E-state index contributed by atoms with van der Waals surface area (Å²) in [6.45, 7) is 3.24. The molecule has 1 atom stereocenters. The van der Waals surface area contributed by atoms with Crippen LogP contribution in [0.4, 0.5) is 0 Å². The van der Waals surface area contributed by atoms with E-state index < -0.39 is 9.53 Å². The second-order valence-corrected chi connectivity index (χ2v) is 4.68. The molecule has 0 aromatic carbocycles. The summed E-state index contributed by atoms with van der Waals surface area (Å²) in [5.74, 6) is 0. The number of ether oxygens (including phenoxy) is 1. The fourth-order valence-electron chi connectivity index (χ4n) is 0.917. The first-order valence-electron chi connectivity index (χ1n) is 4.89. The van der Waals surface area contributed by atoms with E-state index in [1.807, 2.05) is 0 Å². The number of unbranched alkanes of at least 4 members (excludes halogenated alkanes) is 1. The van der Waals surface area contributed by atoms with Gasteiger partial charge in [0.05, 0.1) is 12.7 Å². The summed E-state index contributed by atoms with van der Waals surface area (Å²) in [6, 6.07) is 0. The maximum Gasteiger partial charge on any atom is 0.576 e. The molecule has 1 heterocycles. The third-order valence-corrected chi connectivity index (χ3v) is 2.78. The van der Waals surface area contributed by atoms with Gasteiger partial charge < -0.3 is 18.0 Å². The molecule has 85 valence electrons. The molecule has 0 aromatic rings. The fraction of sp³-hybridized carbons (Fsp3) is 1.00. The van der Waals surface area contributed by atoms with Crippen molar-refractivity contribution in [1.29, 1.82) is 0 Å². The van der Waals surface area contributed by atoms with E-state index in [-0.39, 0.29) is 0 Å². The van der Waals surface area contributed by atoms with E-state index in [1.54, 1.807) is 21.3 Å². The lowest BCUT2D eigenvalue weighted by atomic mass is 10.2. The molecular weight excluding hydrogens is 200 g/mol. The Kier molecular flexibility index (Phi) is 9.64. The molecule has 0 aliphatic carbocycles. The van der Waals surface area contributed by atoms with Gasteiger partial charge in [0.15, 0.2) is 0 Å². The van der Waals surface area contributed by atoms with Crippen LogP contribution in [0.15, 0.2) is 0 Å². The SMILES string of the molecule is CCCCC1CO1.CO[Si](OC)OC. The van der Waals surface area contributed by atoms with Gasteiger partial charge in [0.2, 0.25) is 0 Å². The highest BCUT2D eigenvalue weighted by atomic mass is 28.3. The molecule has 0 spiro atoms. The van der Waals surface area contributed by atoms with Crippen LogP contribution in [-0.4, -0.2) is 43.6 Å². The number of epoxide rings is 1. The van der Waals surface area contributed by atoms with E-state index in [0.29, 0.717) is 6.10 Å². The fourth-order valence-corrected chi connectivity index (χ4v) is 1.42. The third kappa shape index (κ3) is 8.65. The molecule has 1 aliphatic rings. The summed E-state index contributed by atoms with van der Waals surface area (Å²) < 4.78 is 19.1. The minimum Gasteiger partial charge on any atom is -0.375 e. The van der Waals surface area contributed by atoms with Crippen LogP contribution >= 0.6 is 0 Å². The zero-order valence-electron chi connectivity index (χ0n) is 9.54. The van der Waals surface area contributed by atoms with Crippen LogP contribution in [0.5, 0.6) is 0 Å². The average Bonchev–Trinajstić information content (AvgIpc) is 3.02. The quantitative estimate of drug-likeness (QED) is 0.503. The molecule has 0 amide bonds. The van der Waals surface area contributed by atoms with Crippen LogP contribution in [0.2, 0.25) is 0 Å². The summed E-state index contributed by atoms with van der Waals surface area (Å²) >= 11 is 0. The van der Waals surface area contributed by atoms with Gasteiger partial charge in [0, 0.05) is 21.3 Å². The topological polar surface area (TPSA) is 40.2 Å². The average molecular weight is 221 g/mol. The van der Waals surface area contributed by atoms with E-state index in [1.165, 1.54) is 19.3 Å². The lowest BCUT2D eigenvalue weighted by molar-refractivity contribution is 0.163. The van der Waals surface area contributed by atoms with Gasteiger partial charge >= 0.3 is 9.53 Å². The van der Waals surface area contributed by atoms with Gasteiger partial charge in [-0.15, -0.1) is 0 Å². The van der Waals surface area contributed by atoms with Gasteiger partial charge in [-0.2, -0.15) is 0 Å². The zero-order chi connectivity index (χ0) is 10.8. The summed E-state index contributed by atoms with van der Waals surface area (Å²) in [7, 11) is 3.31. The first-order chi connectivity index (χ1) is 6.78. The second kappa shape index (κ2) is 9.61. The van der Waals surface area contributed by atoms with Crippen LogP contribution in [-0.2, 0) is 18.0 Å². The van der Waals surface area contributed by atoms with Crippen molar-refractivity contribution < 1.29 is 18.0 Å². The molecule has 1 unspecified atom stereocenters. The molecular formula is C9H21O4Si. The maximum atomic E-state index is 5.01. The van der Waals surface area contributed by atoms with Crippen LogP contribution < -0.4 is 0 Å². The van der Waals surface area contributed by atoms with Crippen molar-refractivity contribution in [2.45, 2.75) is 32.3 Å². The van der Waals surface area contributed by atoms with Gasteiger partial charge in [-0.1, -0.05) is 19.8 Å². The van der Waals surface area contributed by atoms with Gasteiger partial charge in [-0.05, 0) is 6.42 Å². The standard InChI is InChI=1S/C6H12O.C3H9O3Si/c1-2-3-4-6-5-7-6;1-4-7(5-2)6-3/h6H,2-5H2,1H3;1-3H3. The van der Waals surface area contributed by atoms with Crippen LogP contribution in [0.1, 0.15) is 26.2 Å². The maximum absolute atomic E-state index is 5.01. The minimum absolute atomic E-state index is 0.653. The van der Waals surface area contributed by atoms with E-state index in [4.69, 9.17) is 18.0 Å². The Labute approximate surface area is 88.5 Å². The summed E-state index contributed by atoms with van der Waals surface area (Å²) in [6.07, 6.45) is 4.58. The Morgan fingerprint density at radius 1 is 1.21 bits per heavy atom. The number of hydrogen-bond acceptors (Lipinski definition) is 4. The summed E-state index contributed by atoms with van der Waals surface area (Å²) in [4.78, 5) is 0. The molecule has 14 heavy (non-hydrogen) atoms. The van der Waals surface area contributed by atoms with Crippen molar-refractivity contribution >= 4 is 9.53 Å². The number of rotatable bonds is 6. The second-order valence-electron chi connectivity index (χ2n) is 2.96. The molecule has 4 nitrogen and oxygen atoms in total. The Balaban J connectivity index is 0.000000241. The molecule has 0 N–H and O–H groups in total. The van der Waals surface area contributed by atoms with Crippen molar-refractivity contribution in [3.63, 3.8) is 0 Å². The van der Waals surface area contributed by atoms with E-state index in [9.17, 15) is 0 Å². The van der Waals surface area contributed by atoms with Gasteiger partial charge in [-0.3, -0.25) is 0 Å². The lowest BCUT2D eigenvalue weighted by Crippen LogP contribution is -2.21. The molecule has 1 fully saturated rings. The highest BCUT2D eigenvalue weighted by Gasteiger charge is 2.20. The predicted octanol–water partition coefficient (Wildman–Crippen LogP) is 1.49. The van der Waals surface area contributed by atoms with Gasteiger partial charge in [0.25, 0.3) is 0 Å². The molecule has 1 saturated heterocycles. The van der Waals surface area contributed by atoms with Crippen LogP contribution in [0.25, 0.3) is 0 Å². The Hall–Kier alpha value is 0.0569. The number of hydrogen-bond donors (Lipinski definition) is 0. The smallest absolute Gasteiger partial charge is 0.375 e. The molecule has 1 aliphatic heterocycles. The van der Waals surface area contributed by atoms with Crippen molar-refractivity contribution in [2.75, 3.05) is 27.9 Å². The molecule has 5 heteroatoms. The highest BCUT2D eigenvalue weighted by Crippen LogP contribution is 2.15. The monoisotopic (exact) mass is 221 g/mol. The van der Waals surface area contributed by atoms with E-state index >= 15 is 0 Å². The molecule has 1 rings (SSSR count). The Bertz CT molecular complexity index is 110. The first kappa shape index (κ1) is 14.1. The summed E-state index contributed by atoms with van der Waals surface area (Å²) in [5.41, 5.74) is 0. The normalized spacial score (nSPS) is 19.1. The largest absolute Gasteiger partial charge is 0.576 e. The summed E-state index contributed by atoms with van der Waals surface area (Å²) in [5, 5.41) is 0. The van der Waals surface area contributed by atoms with E-state index in [0.717, 1.165) is 6.61 Å². The highest BCUT2D eigenvalue weighted by molar-refractivity contribution is 6.36. The van der Waals surface area contributed by atoms with Crippen molar-refractivity contribution in [3.05, 3.63) is 0 Å². The molecule has 0 saturated carbocycles. The van der Waals surface area contributed by atoms with Crippen molar-refractivity contribution in [2.24, 2.45) is 0 Å². The lowest BCUT2D eigenvalue weighted by Gasteiger charge is -2.02. The Morgan fingerprint density at radius 3 is 1.93 bits per heavy atom. The first-order valence-corrected chi connectivity index (χ1v) is 6.11. The van der Waals surface area contributed by atoms with Crippen LogP contribution in [0.3, 0.4) is 0 Å². The molecule has 0 bridgehead atoms. The van der Waals surface area contributed by atoms with Gasteiger partial charge in [0.1, 0.15) is 0 Å². The van der Waals surface area contributed by atoms with Crippen molar-refractivity contribution in [3.8, 4) is 0 Å². The van der Waals surface area contributed by atoms with E-state index in [2.05, 4.69) is 6.92 Å². The third-order valence-electron chi connectivity index (χ3n) is 1.78. The molecule has 1 radical (unpaired) electrons. The van der Waals surface area contributed by atoms with Gasteiger partial charge in [-0.25, -0.2) is 0 Å². The molecule has 0 aromatic heterocycles. The zero-order valence-corrected chi connectivity index (χ0v) is 10.5. The predicted molar refractivity (Wildman–Crippen MR) is 56.0 cm³/mol. The van der Waals surface area contributed by atoms with Crippen molar-refractivity contribution in [1.82, 2.24) is 0 Å².